The SMILES string of the molecule is CC(C)C(CN)NC(=O)c1cc2c(s1)CCCC2. The van der Waals surface area contributed by atoms with Gasteiger partial charge in [0.15, 0.2) is 0 Å². The second-order valence-corrected chi connectivity index (χ2v) is 6.46. The second kappa shape index (κ2) is 5.85. The summed E-state index contributed by atoms with van der Waals surface area (Å²) in [5, 5.41) is 3.04. The molecule has 4 heteroatoms. The first-order valence-corrected chi connectivity index (χ1v) is 7.56. The summed E-state index contributed by atoms with van der Waals surface area (Å²) in [5.74, 6) is 0.409. The smallest absolute Gasteiger partial charge is 0.261 e. The average Bonchev–Trinajstić information content (AvgIpc) is 2.79. The molecule has 18 heavy (non-hydrogen) atoms. The van der Waals surface area contributed by atoms with Crippen LogP contribution >= 0.6 is 11.3 Å². The van der Waals surface area contributed by atoms with Crippen molar-refractivity contribution in [3.63, 3.8) is 0 Å². The van der Waals surface area contributed by atoms with E-state index in [0.29, 0.717) is 12.5 Å². The number of carbonyl (C=O) groups excluding carboxylic acids is 1. The molecule has 100 valence electrons. The van der Waals surface area contributed by atoms with Crippen LogP contribution in [0.1, 0.15) is 46.8 Å². The van der Waals surface area contributed by atoms with Crippen LogP contribution in [0, 0.1) is 5.92 Å². The maximum Gasteiger partial charge on any atom is 0.261 e. The molecule has 0 radical (unpaired) electrons. The van der Waals surface area contributed by atoms with Crippen molar-refractivity contribution in [1.29, 1.82) is 0 Å². The molecule has 3 N–H and O–H groups in total. The van der Waals surface area contributed by atoms with Gasteiger partial charge in [0.2, 0.25) is 0 Å². The Morgan fingerprint density at radius 2 is 2.17 bits per heavy atom. The minimum absolute atomic E-state index is 0.0403. The van der Waals surface area contributed by atoms with Crippen LogP contribution in [0.4, 0.5) is 0 Å². The molecule has 1 aliphatic carbocycles. The van der Waals surface area contributed by atoms with E-state index in [1.807, 2.05) is 0 Å². The molecule has 0 fully saturated rings. The fourth-order valence-corrected chi connectivity index (χ4v) is 3.50. The van der Waals surface area contributed by atoms with Gasteiger partial charge in [-0.05, 0) is 43.2 Å². The van der Waals surface area contributed by atoms with Crippen molar-refractivity contribution in [3.8, 4) is 0 Å². The van der Waals surface area contributed by atoms with E-state index in [9.17, 15) is 4.79 Å². The van der Waals surface area contributed by atoms with E-state index in [0.717, 1.165) is 17.7 Å². The van der Waals surface area contributed by atoms with E-state index < -0.39 is 0 Å². The minimum atomic E-state index is 0.0403. The fraction of sp³-hybridized carbons (Fsp3) is 0.643. The molecule has 1 atom stereocenters. The van der Waals surface area contributed by atoms with Gasteiger partial charge >= 0.3 is 0 Å². The van der Waals surface area contributed by atoms with Gasteiger partial charge in [-0.3, -0.25) is 4.79 Å². The molecule has 0 saturated heterocycles. The van der Waals surface area contributed by atoms with Crippen molar-refractivity contribution >= 4 is 17.2 Å². The highest BCUT2D eigenvalue weighted by atomic mass is 32.1. The molecule has 0 aliphatic heterocycles. The van der Waals surface area contributed by atoms with Crippen molar-refractivity contribution in [2.45, 2.75) is 45.6 Å². The van der Waals surface area contributed by atoms with Gasteiger partial charge in [0.25, 0.3) is 5.91 Å². The number of thiophene rings is 1. The zero-order chi connectivity index (χ0) is 13.1. The summed E-state index contributed by atoms with van der Waals surface area (Å²) in [5.41, 5.74) is 7.07. The van der Waals surface area contributed by atoms with Crippen molar-refractivity contribution in [1.82, 2.24) is 5.32 Å². The fourth-order valence-electron chi connectivity index (χ4n) is 2.34. The van der Waals surface area contributed by atoms with Crippen LogP contribution in [0.25, 0.3) is 0 Å². The van der Waals surface area contributed by atoms with E-state index >= 15 is 0 Å². The molecule has 2 rings (SSSR count). The minimum Gasteiger partial charge on any atom is -0.347 e. The van der Waals surface area contributed by atoms with Gasteiger partial charge in [-0.25, -0.2) is 0 Å². The second-order valence-electron chi connectivity index (χ2n) is 5.33. The molecule has 0 spiro atoms. The number of aryl methyl sites for hydroxylation is 2. The lowest BCUT2D eigenvalue weighted by molar-refractivity contribution is 0.0932. The number of hydrogen-bond acceptors (Lipinski definition) is 3. The topological polar surface area (TPSA) is 55.1 Å². The molecular weight excluding hydrogens is 244 g/mol. The Bertz CT molecular complexity index is 402. The van der Waals surface area contributed by atoms with E-state index in [2.05, 4.69) is 25.2 Å². The Balaban J connectivity index is 2.06. The first-order valence-electron chi connectivity index (χ1n) is 6.74. The number of nitrogens with one attached hydrogen (secondary N) is 1. The van der Waals surface area contributed by atoms with Gasteiger partial charge in [-0.1, -0.05) is 13.8 Å². The lowest BCUT2D eigenvalue weighted by Crippen LogP contribution is -2.43. The van der Waals surface area contributed by atoms with Crippen molar-refractivity contribution in [3.05, 3.63) is 21.4 Å². The van der Waals surface area contributed by atoms with Crippen molar-refractivity contribution in [2.75, 3.05) is 6.54 Å². The number of hydrogen-bond donors (Lipinski definition) is 2. The number of carbonyl (C=O) groups is 1. The van der Waals surface area contributed by atoms with Crippen molar-refractivity contribution in [2.24, 2.45) is 11.7 Å². The highest BCUT2D eigenvalue weighted by Gasteiger charge is 2.20. The third-order valence-corrected chi connectivity index (χ3v) is 4.83. The molecule has 1 unspecified atom stereocenters. The van der Waals surface area contributed by atoms with Crippen LogP contribution in [0.3, 0.4) is 0 Å². The highest BCUT2D eigenvalue weighted by Crippen LogP contribution is 2.29. The number of rotatable bonds is 4. The quantitative estimate of drug-likeness (QED) is 0.879. The summed E-state index contributed by atoms with van der Waals surface area (Å²) in [7, 11) is 0. The monoisotopic (exact) mass is 266 g/mol. The Kier molecular flexibility index (Phi) is 4.40. The third kappa shape index (κ3) is 2.93. The van der Waals surface area contributed by atoms with Crippen molar-refractivity contribution < 1.29 is 4.79 Å². The van der Waals surface area contributed by atoms with E-state index in [1.54, 1.807) is 11.3 Å². The normalized spacial score (nSPS) is 16.4. The Hall–Kier alpha value is -0.870. The lowest BCUT2D eigenvalue weighted by atomic mass is 9.99. The zero-order valence-corrected chi connectivity index (χ0v) is 12.0. The van der Waals surface area contributed by atoms with Crippen LogP contribution in [0.15, 0.2) is 6.07 Å². The molecule has 1 amide bonds. The van der Waals surface area contributed by atoms with E-state index in [1.165, 1.54) is 23.3 Å². The Morgan fingerprint density at radius 1 is 1.44 bits per heavy atom. The maximum absolute atomic E-state index is 12.2. The molecule has 0 saturated carbocycles. The van der Waals surface area contributed by atoms with Crippen LogP contribution in [-0.2, 0) is 12.8 Å². The molecular formula is C14H22N2OS. The first kappa shape index (κ1) is 13.6. The van der Waals surface area contributed by atoms with Crippen LogP contribution < -0.4 is 11.1 Å². The highest BCUT2D eigenvalue weighted by molar-refractivity contribution is 7.14. The summed E-state index contributed by atoms with van der Waals surface area (Å²) >= 11 is 1.65. The summed E-state index contributed by atoms with van der Waals surface area (Å²) < 4.78 is 0. The summed E-state index contributed by atoms with van der Waals surface area (Å²) in [4.78, 5) is 14.4. The summed E-state index contributed by atoms with van der Waals surface area (Å²) in [6, 6.07) is 2.14. The van der Waals surface area contributed by atoms with Crippen LogP contribution in [0.2, 0.25) is 0 Å². The molecule has 1 aromatic heterocycles. The summed E-state index contributed by atoms with van der Waals surface area (Å²) in [6.45, 7) is 4.66. The van der Waals surface area contributed by atoms with Gasteiger partial charge < -0.3 is 11.1 Å². The third-order valence-electron chi connectivity index (χ3n) is 3.60. The molecule has 0 aromatic carbocycles. The number of nitrogens with two attached hydrogens (primary N) is 1. The van der Waals surface area contributed by atoms with Gasteiger partial charge in [0.05, 0.1) is 4.88 Å². The number of amides is 1. The Morgan fingerprint density at radius 3 is 2.78 bits per heavy atom. The van der Waals surface area contributed by atoms with Gasteiger partial charge in [-0.15, -0.1) is 11.3 Å². The molecule has 0 bridgehead atoms. The molecule has 1 heterocycles. The zero-order valence-electron chi connectivity index (χ0n) is 11.2. The van der Waals surface area contributed by atoms with Crippen LogP contribution in [-0.4, -0.2) is 18.5 Å². The van der Waals surface area contributed by atoms with E-state index in [4.69, 9.17) is 5.73 Å². The first-order chi connectivity index (χ1) is 8.61. The predicted octanol–water partition coefficient (Wildman–Crippen LogP) is 2.34. The molecule has 3 nitrogen and oxygen atoms in total. The van der Waals surface area contributed by atoms with Gasteiger partial charge in [0, 0.05) is 17.5 Å². The van der Waals surface area contributed by atoms with Crippen LogP contribution in [0.5, 0.6) is 0 Å². The molecule has 1 aromatic rings. The summed E-state index contributed by atoms with van der Waals surface area (Å²) in [6.07, 6.45) is 4.77. The predicted molar refractivity (Wildman–Crippen MR) is 76.1 cm³/mol. The standard InChI is InChI=1S/C14H22N2OS/c1-9(2)11(8-15)16-14(17)13-7-10-5-3-4-6-12(10)18-13/h7,9,11H,3-6,8,15H2,1-2H3,(H,16,17). The van der Waals surface area contributed by atoms with Gasteiger partial charge in [0.1, 0.15) is 0 Å². The number of fused-ring (bicyclic) bond motifs is 1. The average molecular weight is 266 g/mol. The maximum atomic E-state index is 12.2. The molecule has 1 aliphatic rings. The Labute approximate surface area is 113 Å². The lowest BCUT2D eigenvalue weighted by Gasteiger charge is -2.19. The van der Waals surface area contributed by atoms with Gasteiger partial charge in [-0.2, -0.15) is 0 Å². The largest absolute Gasteiger partial charge is 0.347 e. The van der Waals surface area contributed by atoms with E-state index in [-0.39, 0.29) is 11.9 Å².